The SMILES string of the molecule is Cc1c(C)n(Cc2ccco2)c2ncn3nc(CO/N=C/c4ccc(Cl)cc4)nc3c12. The molecule has 0 saturated carbocycles. The summed E-state index contributed by atoms with van der Waals surface area (Å²) < 4.78 is 9.32. The van der Waals surface area contributed by atoms with Crippen molar-refractivity contribution in [2.75, 3.05) is 0 Å². The number of hydrogen-bond donors (Lipinski definition) is 0. The molecule has 0 fully saturated rings. The van der Waals surface area contributed by atoms with Crippen LogP contribution in [-0.4, -0.2) is 30.4 Å². The van der Waals surface area contributed by atoms with Gasteiger partial charge in [-0.15, -0.1) is 5.10 Å². The Balaban J connectivity index is 1.41. The smallest absolute Gasteiger partial charge is 0.192 e. The highest BCUT2D eigenvalue weighted by atomic mass is 35.5. The summed E-state index contributed by atoms with van der Waals surface area (Å²) in [5, 5.41) is 10.1. The molecule has 0 saturated heterocycles. The second-order valence-corrected chi connectivity index (χ2v) is 7.61. The number of oxime groups is 1. The number of rotatable bonds is 6. The molecule has 5 aromatic rings. The minimum absolute atomic E-state index is 0.151. The highest BCUT2D eigenvalue weighted by molar-refractivity contribution is 6.30. The van der Waals surface area contributed by atoms with Gasteiger partial charge in [-0.25, -0.2) is 14.5 Å². The van der Waals surface area contributed by atoms with Crippen LogP contribution in [0, 0.1) is 13.8 Å². The third-order valence-electron chi connectivity index (χ3n) is 5.22. The number of nitrogens with zero attached hydrogens (tertiary/aromatic N) is 6. The third kappa shape index (κ3) is 3.66. The predicted octanol–water partition coefficient (Wildman–Crippen LogP) is 4.54. The first-order valence-electron chi connectivity index (χ1n) is 9.73. The number of aryl methyl sites for hydroxylation is 1. The first kappa shape index (κ1) is 19.3. The Morgan fingerprint density at radius 2 is 2.00 bits per heavy atom. The average Bonchev–Trinajstić information content (AvgIpc) is 3.48. The number of fused-ring (bicyclic) bond motifs is 3. The lowest BCUT2D eigenvalue weighted by Crippen LogP contribution is -2.02. The van der Waals surface area contributed by atoms with Crippen LogP contribution in [0.1, 0.15) is 28.4 Å². The standard InChI is InChI=1S/C22H19ClN6O2/c1-14-15(2)28(11-18-4-3-9-30-18)21-20(14)22-26-19(27-29(22)13-24-21)12-31-25-10-16-5-7-17(23)8-6-16/h3-10,13H,11-12H2,1-2H3/b25-10+. The Hall–Kier alpha value is -3.65. The maximum Gasteiger partial charge on any atom is 0.192 e. The minimum atomic E-state index is 0.151. The fourth-order valence-corrected chi connectivity index (χ4v) is 3.66. The summed E-state index contributed by atoms with van der Waals surface area (Å²) in [5.74, 6) is 1.40. The van der Waals surface area contributed by atoms with Crippen LogP contribution in [0.4, 0.5) is 0 Å². The van der Waals surface area contributed by atoms with Gasteiger partial charge in [-0.05, 0) is 49.2 Å². The zero-order chi connectivity index (χ0) is 21.4. The summed E-state index contributed by atoms with van der Waals surface area (Å²) in [6.07, 6.45) is 4.96. The van der Waals surface area contributed by atoms with Crippen LogP contribution in [0.5, 0.6) is 0 Å². The van der Waals surface area contributed by atoms with E-state index in [2.05, 4.69) is 38.6 Å². The van der Waals surface area contributed by atoms with Crippen molar-refractivity contribution in [3.8, 4) is 0 Å². The second-order valence-electron chi connectivity index (χ2n) is 7.17. The molecule has 0 atom stereocenters. The molecule has 0 bridgehead atoms. The van der Waals surface area contributed by atoms with Crippen LogP contribution in [0.15, 0.2) is 58.6 Å². The summed E-state index contributed by atoms with van der Waals surface area (Å²) in [6, 6.07) is 11.2. The fraction of sp³-hybridized carbons (Fsp3) is 0.182. The molecule has 31 heavy (non-hydrogen) atoms. The molecule has 5 rings (SSSR count). The van der Waals surface area contributed by atoms with Gasteiger partial charge in [-0.1, -0.05) is 28.9 Å². The van der Waals surface area contributed by atoms with Gasteiger partial charge in [0.05, 0.1) is 24.4 Å². The highest BCUT2D eigenvalue weighted by Gasteiger charge is 2.18. The molecule has 0 aliphatic heterocycles. The van der Waals surface area contributed by atoms with Crippen LogP contribution < -0.4 is 0 Å². The molecular weight excluding hydrogens is 416 g/mol. The van der Waals surface area contributed by atoms with Gasteiger partial charge in [0.2, 0.25) is 0 Å². The summed E-state index contributed by atoms with van der Waals surface area (Å²) in [6.45, 7) is 4.90. The second kappa shape index (κ2) is 7.88. The maximum absolute atomic E-state index is 5.88. The van der Waals surface area contributed by atoms with E-state index in [0.29, 0.717) is 17.4 Å². The Labute approximate surface area is 182 Å². The average molecular weight is 435 g/mol. The first-order valence-corrected chi connectivity index (χ1v) is 10.1. The van der Waals surface area contributed by atoms with E-state index in [0.717, 1.165) is 39.3 Å². The quantitative estimate of drug-likeness (QED) is 0.289. The van der Waals surface area contributed by atoms with Gasteiger partial charge in [0, 0.05) is 10.7 Å². The Kier molecular flexibility index (Phi) is 4.91. The molecule has 9 heteroatoms. The molecule has 1 aromatic carbocycles. The van der Waals surface area contributed by atoms with E-state index >= 15 is 0 Å². The third-order valence-corrected chi connectivity index (χ3v) is 5.48. The lowest BCUT2D eigenvalue weighted by atomic mass is 10.2. The van der Waals surface area contributed by atoms with E-state index in [1.165, 1.54) is 0 Å². The van der Waals surface area contributed by atoms with Crippen LogP contribution in [0.25, 0.3) is 16.7 Å². The molecule has 0 N–H and O–H groups in total. The molecule has 0 amide bonds. The van der Waals surface area contributed by atoms with Crippen molar-refractivity contribution in [2.45, 2.75) is 27.0 Å². The van der Waals surface area contributed by atoms with E-state index in [9.17, 15) is 0 Å². The van der Waals surface area contributed by atoms with E-state index in [4.69, 9.17) is 20.9 Å². The molecule has 0 radical (unpaired) electrons. The topological polar surface area (TPSA) is 82.7 Å². The van der Waals surface area contributed by atoms with Crippen LogP contribution >= 0.6 is 11.6 Å². The zero-order valence-electron chi connectivity index (χ0n) is 17.0. The number of halogens is 1. The van der Waals surface area contributed by atoms with E-state index in [1.807, 2.05) is 24.3 Å². The fourth-order valence-electron chi connectivity index (χ4n) is 3.53. The van der Waals surface area contributed by atoms with Gasteiger partial charge in [0.25, 0.3) is 0 Å². The van der Waals surface area contributed by atoms with Crippen LogP contribution in [-0.2, 0) is 18.0 Å². The number of benzene rings is 1. The molecule has 0 spiro atoms. The lowest BCUT2D eigenvalue weighted by molar-refractivity contribution is 0.126. The molecule has 4 aromatic heterocycles. The van der Waals surface area contributed by atoms with Crippen molar-refractivity contribution in [2.24, 2.45) is 5.16 Å². The van der Waals surface area contributed by atoms with Crippen molar-refractivity contribution in [1.82, 2.24) is 24.1 Å². The van der Waals surface area contributed by atoms with Crippen LogP contribution in [0.2, 0.25) is 5.02 Å². The monoisotopic (exact) mass is 434 g/mol. The summed E-state index contributed by atoms with van der Waals surface area (Å²) in [7, 11) is 0. The lowest BCUT2D eigenvalue weighted by Gasteiger charge is -2.05. The summed E-state index contributed by atoms with van der Waals surface area (Å²) in [5.41, 5.74) is 4.70. The Morgan fingerprint density at radius 1 is 1.16 bits per heavy atom. The number of aromatic nitrogens is 5. The number of furan rings is 1. The molecule has 0 aliphatic carbocycles. The van der Waals surface area contributed by atoms with E-state index < -0.39 is 0 Å². The molecule has 0 aliphatic rings. The summed E-state index contributed by atoms with van der Waals surface area (Å²) in [4.78, 5) is 14.7. The van der Waals surface area contributed by atoms with Crippen molar-refractivity contribution in [1.29, 1.82) is 0 Å². The van der Waals surface area contributed by atoms with Crippen LogP contribution in [0.3, 0.4) is 0 Å². The normalized spacial score (nSPS) is 11.8. The van der Waals surface area contributed by atoms with E-state index in [-0.39, 0.29) is 6.61 Å². The van der Waals surface area contributed by atoms with Crippen molar-refractivity contribution in [3.63, 3.8) is 0 Å². The van der Waals surface area contributed by atoms with E-state index in [1.54, 1.807) is 35.5 Å². The van der Waals surface area contributed by atoms with Gasteiger partial charge in [0.1, 0.15) is 17.7 Å². The maximum atomic E-state index is 5.88. The molecule has 156 valence electrons. The minimum Gasteiger partial charge on any atom is -0.467 e. The largest absolute Gasteiger partial charge is 0.467 e. The zero-order valence-corrected chi connectivity index (χ0v) is 17.7. The Bertz CT molecular complexity index is 1380. The Morgan fingerprint density at radius 3 is 2.77 bits per heavy atom. The van der Waals surface area contributed by atoms with Gasteiger partial charge in [-0.2, -0.15) is 0 Å². The van der Waals surface area contributed by atoms with Crippen molar-refractivity contribution < 1.29 is 9.25 Å². The van der Waals surface area contributed by atoms with Crippen molar-refractivity contribution in [3.05, 3.63) is 82.4 Å². The molecule has 4 heterocycles. The molecule has 8 nitrogen and oxygen atoms in total. The summed E-state index contributed by atoms with van der Waals surface area (Å²) >= 11 is 5.88. The van der Waals surface area contributed by atoms with Gasteiger partial charge >= 0.3 is 0 Å². The number of hydrogen-bond acceptors (Lipinski definition) is 6. The van der Waals surface area contributed by atoms with Gasteiger partial charge in [-0.3, -0.25) is 0 Å². The molecular formula is C22H19ClN6O2. The van der Waals surface area contributed by atoms with Crippen molar-refractivity contribution >= 4 is 34.5 Å². The first-order chi connectivity index (χ1) is 15.1. The predicted molar refractivity (Wildman–Crippen MR) is 117 cm³/mol. The molecule has 0 unspecified atom stereocenters. The van der Waals surface area contributed by atoms with Gasteiger partial charge in [0.15, 0.2) is 18.1 Å². The van der Waals surface area contributed by atoms with Gasteiger partial charge < -0.3 is 13.8 Å². The highest BCUT2D eigenvalue weighted by Crippen LogP contribution is 2.27.